The van der Waals surface area contributed by atoms with E-state index in [4.69, 9.17) is 4.74 Å². The zero-order valence-electron chi connectivity index (χ0n) is 9.59. The molecule has 0 saturated heterocycles. The van der Waals surface area contributed by atoms with Crippen molar-refractivity contribution in [1.29, 1.82) is 0 Å². The number of hydrogen-bond acceptors (Lipinski definition) is 3. The fourth-order valence-electron chi connectivity index (χ4n) is 0.910. The first kappa shape index (κ1) is 13.0. The summed E-state index contributed by atoms with van der Waals surface area (Å²) in [5.74, 6) is -0.382. The van der Waals surface area contributed by atoms with Gasteiger partial charge in [-0.1, -0.05) is 27.7 Å². The maximum atomic E-state index is 11.4. The van der Waals surface area contributed by atoms with Crippen LogP contribution in [0.4, 0.5) is 0 Å². The molecule has 0 aromatic heterocycles. The number of allylic oxidation sites excluding steroid dienone is 1. The van der Waals surface area contributed by atoms with Crippen LogP contribution in [0.15, 0.2) is 11.3 Å². The molecule has 82 valence electrons. The zero-order chi connectivity index (χ0) is 11.3. The van der Waals surface area contributed by atoms with Crippen molar-refractivity contribution in [3.8, 4) is 0 Å². The number of rotatable bonds is 4. The zero-order valence-corrected chi connectivity index (χ0v) is 9.59. The van der Waals surface area contributed by atoms with Crippen LogP contribution in [0.5, 0.6) is 0 Å². The van der Waals surface area contributed by atoms with Crippen LogP contribution in [0.3, 0.4) is 0 Å². The third-order valence-corrected chi connectivity index (χ3v) is 1.85. The van der Waals surface area contributed by atoms with Gasteiger partial charge in [0, 0.05) is 0 Å². The largest absolute Gasteiger partial charge is 0.875 e. The summed E-state index contributed by atoms with van der Waals surface area (Å²) in [6.07, 6.45) is 0. The van der Waals surface area contributed by atoms with E-state index in [0.29, 0.717) is 5.57 Å². The minimum absolute atomic E-state index is 0.0345. The lowest BCUT2D eigenvalue weighted by Gasteiger charge is -2.20. The molecule has 0 aromatic rings. The van der Waals surface area contributed by atoms with Crippen LogP contribution in [0.25, 0.3) is 0 Å². The number of ether oxygens (including phenoxy) is 1. The molecular formula is C11H19O3-. The Balaban J connectivity index is 4.15. The molecule has 0 spiro atoms. The van der Waals surface area contributed by atoms with E-state index in [0.717, 1.165) is 0 Å². The quantitative estimate of drug-likeness (QED) is 0.509. The van der Waals surface area contributed by atoms with Gasteiger partial charge in [0.05, 0.1) is 5.92 Å². The molecule has 0 fully saturated rings. The lowest BCUT2D eigenvalue weighted by molar-refractivity contribution is -0.315. The summed E-state index contributed by atoms with van der Waals surface area (Å²) < 4.78 is 4.94. The van der Waals surface area contributed by atoms with E-state index in [1.54, 1.807) is 20.8 Å². The highest BCUT2D eigenvalue weighted by molar-refractivity contribution is 5.71. The second-order valence-electron chi connectivity index (χ2n) is 4.06. The van der Waals surface area contributed by atoms with E-state index in [1.807, 2.05) is 13.8 Å². The summed E-state index contributed by atoms with van der Waals surface area (Å²) in [5.41, 5.74) is 0.606. The Morgan fingerprint density at radius 1 is 1.21 bits per heavy atom. The third-order valence-electron chi connectivity index (χ3n) is 1.85. The Morgan fingerprint density at radius 2 is 1.71 bits per heavy atom. The highest BCUT2D eigenvalue weighted by Crippen LogP contribution is 2.09. The molecule has 0 heterocycles. The summed E-state index contributed by atoms with van der Waals surface area (Å²) in [5, 5.41) is 11.4. The normalized spacial score (nSPS) is 13.1. The average molecular weight is 199 g/mol. The molecule has 0 N–H and O–H groups in total. The second kappa shape index (κ2) is 5.68. The first-order valence-electron chi connectivity index (χ1n) is 4.89. The highest BCUT2D eigenvalue weighted by Gasteiger charge is 2.08. The van der Waals surface area contributed by atoms with Crippen molar-refractivity contribution in [1.82, 2.24) is 0 Å². The number of carbonyl (C=O) groups excluding carboxylic acids is 1. The van der Waals surface area contributed by atoms with Gasteiger partial charge < -0.3 is 9.84 Å². The fraction of sp³-hybridized carbons (Fsp3) is 0.727. The van der Waals surface area contributed by atoms with E-state index in [1.165, 1.54) is 0 Å². The molecule has 0 amide bonds. The molecule has 0 atom stereocenters. The van der Waals surface area contributed by atoms with Crippen molar-refractivity contribution >= 4 is 5.97 Å². The van der Waals surface area contributed by atoms with E-state index in [2.05, 4.69) is 0 Å². The third kappa shape index (κ3) is 4.30. The monoisotopic (exact) mass is 199 g/mol. The number of esters is 1. The van der Waals surface area contributed by atoms with Crippen LogP contribution in [-0.4, -0.2) is 12.6 Å². The molecule has 0 aromatic carbocycles. The van der Waals surface area contributed by atoms with Crippen molar-refractivity contribution in [3.63, 3.8) is 0 Å². The minimum Gasteiger partial charge on any atom is -0.875 e. The fourth-order valence-corrected chi connectivity index (χ4v) is 0.910. The molecule has 0 unspecified atom stereocenters. The van der Waals surface area contributed by atoms with Crippen LogP contribution in [-0.2, 0) is 9.53 Å². The Bertz CT molecular complexity index is 227. The van der Waals surface area contributed by atoms with Gasteiger partial charge in [0.2, 0.25) is 0 Å². The predicted octanol–water partition coefficient (Wildman–Crippen LogP) is 1.48. The Kier molecular flexibility index (Phi) is 5.28. The molecule has 0 radical (unpaired) electrons. The average Bonchev–Trinajstić information content (AvgIpc) is 2.11. The molecular weight excluding hydrogens is 180 g/mol. The molecule has 0 bridgehead atoms. The van der Waals surface area contributed by atoms with E-state index >= 15 is 0 Å². The SMILES string of the molecule is C/C(COC(=O)C(C)C)=C(/[O-])C(C)C. The van der Waals surface area contributed by atoms with Gasteiger partial charge in [0.15, 0.2) is 0 Å². The van der Waals surface area contributed by atoms with Gasteiger partial charge in [0.25, 0.3) is 0 Å². The van der Waals surface area contributed by atoms with E-state index < -0.39 is 0 Å². The summed E-state index contributed by atoms with van der Waals surface area (Å²) in [7, 11) is 0. The Labute approximate surface area is 85.8 Å². The van der Waals surface area contributed by atoms with Gasteiger partial charge >= 0.3 is 5.97 Å². The maximum Gasteiger partial charge on any atom is 0.308 e. The number of carbonyl (C=O) groups is 1. The van der Waals surface area contributed by atoms with Crippen molar-refractivity contribution in [2.75, 3.05) is 6.61 Å². The number of hydrogen-bond donors (Lipinski definition) is 0. The Hall–Kier alpha value is -0.990. The molecule has 14 heavy (non-hydrogen) atoms. The Morgan fingerprint density at radius 3 is 2.07 bits per heavy atom. The topological polar surface area (TPSA) is 49.4 Å². The van der Waals surface area contributed by atoms with Crippen molar-refractivity contribution < 1.29 is 14.6 Å². The standard InChI is InChI=1S/C11H20O3/c1-7(2)10(12)9(5)6-14-11(13)8(3)4/h7-8,12H,6H2,1-5H3/p-1/b10-9-. The van der Waals surface area contributed by atoms with Crippen molar-refractivity contribution in [3.05, 3.63) is 11.3 Å². The second-order valence-corrected chi connectivity index (χ2v) is 4.06. The van der Waals surface area contributed by atoms with Crippen LogP contribution < -0.4 is 5.11 Å². The van der Waals surface area contributed by atoms with Crippen LogP contribution >= 0.6 is 0 Å². The van der Waals surface area contributed by atoms with Gasteiger partial charge in [-0.25, -0.2) is 0 Å². The molecule has 3 nitrogen and oxygen atoms in total. The minimum atomic E-state index is -0.263. The maximum absolute atomic E-state index is 11.4. The lowest BCUT2D eigenvalue weighted by atomic mass is 10.1. The van der Waals surface area contributed by atoms with Crippen molar-refractivity contribution in [2.24, 2.45) is 11.8 Å². The molecule has 0 rings (SSSR count). The van der Waals surface area contributed by atoms with Crippen LogP contribution in [0.2, 0.25) is 0 Å². The summed E-state index contributed by atoms with van der Waals surface area (Å²) in [4.78, 5) is 11.1. The van der Waals surface area contributed by atoms with Crippen molar-refractivity contribution in [2.45, 2.75) is 34.6 Å². The molecule has 3 heteroatoms. The molecule has 0 aliphatic heterocycles. The summed E-state index contributed by atoms with van der Waals surface area (Å²) >= 11 is 0. The highest BCUT2D eigenvalue weighted by atomic mass is 16.5. The van der Waals surface area contributed by atoms with Gasteiger partial charge in [-0.2, -0.15) is 0 Å². The first-order chi connectivity index (χ1) is 6.36. The van der Waals surface area contributed by atoms with Crippen LogP contribution in [0.1, 0.15) is 34.6 Å². The van der Waals surface area contributed by atoms with Gasteiger partial charge in [0.1, 0.15) is 6.61 Å². The summed E-state index contributed by atoms with van der Waals surface area (Å²) in [6.45, 7) is 9.01. The van der Waals surface area contributed by atoms with E-state index in [9.17, 15) is 9.90 Å². The molecule has 0 saturated carbocycles. The van der Waals surface area contributed by atoms with Gasteiger partial charge in [-0.15, -0.1) is 5.76 Å². The smallest absolute Gasteiger partial charge is 0.308 e. The predicted molar refractivity (Wildman–Crippen MR) is 53.3 cm³/mol. The molecule has 0 aliphatic carbocycles. The van der Waals surface area contributed by atoms with E-state index in [-0.39, 0.29) is 30.2 Å². The summed E-state index contributed by atoms with van der Waals surface area (Å²) in [6, 6.07) is 0. The molecule has 0 aliphatic rings. The van der Waals surface area contributed by atoms with Crippen LogP contribution in [0, 0.1) is 11.8 Å². The van der Waals surface area contributed by atoms with Gasteiger partial charge in [-0.3, -0.25) is 4.79 Å². The lowest BCUT2D eigenvalue weighted by Crippen LogP contribution is -2.18. The van der Waals surface area contributed by atoms with Gasteiger partial charge in [-0.05, 0) is 18.4 Å². The first-order valence-corrected chi connectivity index (χ1v) is 4.89.